The molecule has 0 rings (SSSR count). The van der Waals surface area contributed by atoms with Gasteiger partial charge in [0.15, 0.2) is 12.2 Å². The minimum Gasteiger partial charge on any atom is -0.462 e. The lowest BCUT2D eigenvalue weighted by molar-refractivity contribution is -0.161. The SMILES string of the molecule is CCCCCCCCCCCCCCCCCCCCCCC(=O)O[C@H](COC(=O)CCCCCCCCCCCCCCCCC(C)C)COP(=O)(O)OC[C@@H](O)COP(=O)(O)OC[C@@H](COC(=O)CCCCCCCCCCC)OC(=O)CCCCCCCCCCCCCCCCC. The van der Waals surface area contributed by atoms with Crippen molar-refractivity contribution >= 4 is 39.5 Å². The van der Waals surface area contributed by atoms with E-state index in [4.69, 9.17) is 37.0 Å². The third-order valence-electron chi connectivity index (χ3n) is 19.3. The second kappa shape index (κ2) is 74.9. The third-order valence-corrected chi connectivity index (χ3v) is 21.2. The maximum atomic E-state index is 13.1. The number of aliphatic hydroxyl groups is 1. The Kier molecular flexibility index (Phi) is 73.5. The molecule has 0 aromatic heterocycles. The van der Waals surface area contributed by atoms with Gasteiger partial charge >= 0.3 is 39.5 Å². The van der Waals surface area contributed by atoms with Gasteiger partial charge in [0.25, 0.3) is 0 Å². The van der Waals surface area contributed by atoms with E-state index in [1.807, 2.05) is 0 Å². The molecular formula is C82H160O17P2. The van der Waals surface area contributed by atoms with Crippen LogP contribution in [0.1, 0.15) is 439 Å². The van der Waals surface area contributed by atoms with Crippen LogP contribution in [0.25, 0.3) is 0 Å². The number of hydrogen-bond acceptors (Lipinski definition) is 15. The van der Waals surface area contributed by atoms with Crippen molar-refractivity contribution < 1.29 is 80.2 Å². The minimum atomic E-state index is -4.96. The Morgan fingerprint density at radius 3 is 0.673 bits per heavy atom. The van der Waals surface area contributed by atoms with Crippen molar-refractivity contribution in [2.75, 3.05) is 39.6 Å². The van der Waals surface area contributed by atoms with Crippen LogP contribution in [0.3, 0.4) is 0 Å². The highest BCUT2D eigenvalue weighted by Gasteiger charge is 2.30. The first-order valence-electron chi connectivity index (χ1n) is 42.6. The summed E-state index contributed by atoms with van der Waals surface area (Å²) in [6.07, 6.45) is 66.6. The summed E-state index contributed by atoms with van der Waals surface area (Å²) in [5.74, 6) is -1.31. The number of esters is 4. The van der Waals surface area contributed by atoms with Crippen molar-refractivity contribution in [3.63, 3.8) is 0 Å². The van der Waals surface area contributed by atoms with Crippen LogP contribution in [0.2, 0.25) is 0 Å². The van der Waals surface area contributed by atoms with Crippen LogP contribution in [0.5, 0.6) is 0 Å². The van der Waals surface area contributed by atoms with Crippen molar-refractivity contribution in [2.45, 2.75) is 457 Å². The van der Waals surface area contributed by atoms with Crippen molar-refractivity contribution in [3.05, 3.63) is 0 Å². The second-order valence-electron chi connectivity index (χ2n) is 30.0. The Labute approximate surface area is 619 Å². The van der Waals surface area contributed by atoms with Crippen LogP contribution in [0.4, 0.5) is 0 Å². The fourth-order valence-corrected chi connectivity index (χ4v) is 14.3. The maximum absolute atomic E-state index is 13.1. The molecule has 0 heterocycles. The standard InChI is InChI=1S/C82H160O17P2/c1-6-9-12-15-18-21-23-25-27-28-29-30-31-33-39-43-48-53-58-63-68-82(87)99-78(72-93-80(85)66-61-56-51-46-41-37-35-34-36-40-45-49-54-59-64-75(4)5)74-97-101(90,91)95-70-76(83)69-94-100(88,89)96-73-77(71-92-79(84)65-60-55-50-44-20-17-14-11-8-3)98-81(86)67-62-57-52-47-42-38-32-26-24-22-19-16-13-10-7-2/h75-78,83H,6-74H2,1-5H3,(H,88,89)(H,90,91)/t76-,77+,78+/m0/s1. The molecule has 5 atom stereocenters. The summed E-state index contributed by atoms with van der Waals surface area (Å²) in [5, 5.41) is 10.6. The van der Waals surface area contributed by atoms with E-state index in [0.29, 0.717) is 25.7 Å². The van der Waals surface area contributed by atoms with Crippen LogP contribution < -0.4 is 0 Å². The summed E-state index contributed by atoms with van der Waals surface area (Å²) in [5.41, 5.74) is 0. The molecule has 0 radical (unpaired) electrons. The van der Waals surface area contributed by atoms with Crippen LogP contribution >= 0.6 is 15.6 Å². The molecule has 0 aliphatic heterocycles. The lowest BCUT2D eigenvalue weighted by atomic mass is 10.0. The van der Waals surface area contributed by atoms with E-state index in [0.717, 1.165) is 95.8 Å². The molecule has 101 heavy (non-hydrogen) atoms. The highest BCUT2D eigenvalue weighted by molar-refractivity contribution is 7.47. The second-order valence-corrected chi connectivity index (χ2v) is 32.9. The summed E-state index contributed by atoms with van der Waals surface area (Å²) in [7, 11) is -9.92. The fraction of sp³-hybridized carbons (Fsp3) is 0.951. The van der Waals surface area contributed by atoms with Gasteiger partial charge in [-0.25, -0.2) is 9.13 Å². The normalized spacial score (nSPS) is 13.8. The number of rotatable bonds is 82. The number of aliphatic hydroxyl groups excluding tert-OH is 1. The van der Waals surface area contributed by atoms with Gasteiger partial charge < -0.3 is 33.8 Å². The molecular weight excluding hydrogens is 1320 g/mol. The highest BCUT2D eigenvalue weighted by atomic mass is 31.2. The van der Waals surface area contributed by atoms with Crippen molar-refractivity contribution in [3.8, 4) is 0 Å². The molecule has 0 aliphatic rings. The van der Waals surface area contributed by atoms with E-state index in [1.165, 1.54) is 263 Å². The van der Waals surface area contributed by atoms with E-state index >= 15 is 0 Å². The molecule has 0 bridgehead atoms. The zero-order valence-corrected chi connectivity index (χ0v) is 67.8. The monoisotopic (exact) mass is 1480 g/mol. The maximum Gasteiger partial charge on any atom is 0.472 e. The molecule has 0 aliphatic carbocycles. The number of phosphoric acid groups is 2. The van der Waals surface area contributed by atoms with Crippen molar-refractivity contribution in [1.82, 2.24) is 0 Å². The number of unbranched alkanes of at least 4 members (excludes halogenated alkanes) is 54. The zero-order valence-electron chi connectivity index (χ0n) is 66.1. The molecule has 0 saturated heterocycles. The quantitative estimate of drug-likeness (QED) is 0.0222. The van der Waals surface area contributed by atoms with Gasteiger partial charge in [0.2, 0.25) is 0 Å². The fourth-order valence-electron chi connectivity index (χ4n) is 12.8. The van der Waals surface area contributed by atoms with E-state index < -0.39 is 97.5 Å². The van der Waals surface area contributed by atoms with Gasteiger partial charge in [0.1, 0.15) is 19.3 Å². The first kappa shape index (κ1) is 99.1. The summed E-state index contributed by atoms with van der Waals surface area (Å²) in [6.45, 7) is 7.35. The largest absolute Gasteiger partial charge is 0.472 e. The van der Waals surface area contributed by atoms with Gasteiger partial charge in [-0.05, 0) is 31.6 Å². The first-order valence-corrected chi connectivity index (χ1v) is 45.6. The Balaban J connectivity index is 5.21. The topological polar surface area (TPSA) is 237 Å². The molecule has 0 aromatic carbocycles. The van der Waals surface area contributed by atoms with Gasteiger partial charge in [-0.2, -0.15) is 0 Å². The Morgan fingerprint density at radius 1 is 0.267 bits per heavy atom. The van der Waals surface area contributed by atoms with Gasteiger partial charge in [-0.15, -0.1) is 0 Å². The number of carbonyl (C=O) groups excluding carboxylic acids is 4. The molecule has 0 fully saturated rings. The molecule has 0 aromatic rings. The van der Waals surface area contributed by atoms with Gasteiger partial charge in [-0.1, -0.05) is 388 Å². The Hall–Kier alpha value is -1.94. The average molecular weight is 1480 g/mol. The van der Waals surface area contributed by atoms with Crippen LogP contribution in [-0.2, 0) is 65.4 Å². The smallest absolute Gasteiger partial charge is 0.462 e. The molecule has 2 unspecified atom stereocenters. The van der Waals surface area contributed by atoms with Gasteiger partial charge in [0, 0.05) is 25.7 Å². The zero-order chi connectivity index (χ0) is 74.1. The predicted molar refractivity (Wildman–Crippen MR) is 414 cm³/mol. The number of carbonyl (C=O) groups is 4. The molecule has 19 heteroatoms. The average Bonchev–Trinajstić information content (AvgIpc) is 1.97. The van der Waals surface area contributed by atoms with E-state index in [-0.39, 0.29) is 25.7 Å². The predicted octanol–water partition coefficient (Wildman–Crippen LogP) is 24.8. The first-order chi connectivity index (χ1) is 49.0. The lowest BCUT2D eigenvalue weighted by Crippen LogP contribution is -2.30. The number of hydrogen-bond donors (Lipinski definition) is 3. The number of phosphoric ester groups is 2. The molecule has 600 valence electrons. The molecule has 0 spiro atoms. The van der Waals surface area contributed by atoms with Crippen LogP contribution in [0, 0.1) is 5.92 Å². The van der Waals surface area contributed by atoms with E-state index in [9.17, 15) is 43.2 Å². The summed E-state index contributed by atoms with van der Waals surface area (Å²) in [4.78, 5) is 73.0. The highest BCUT2D eigenvalue weighted by Crippen LogP contribution is 2.45. The summed E-state index contributed by atoms with van der Waals surface area (Å²) >= 11 is 0. The van der Waals surface area contributed by atoms with Crippen LogP contribution in [0.15, 0.2) is 0 Å². The van der Waals surface area contributed by atoms with Crippen LogP contribution in [-0.4, -0.2) is 96.7 Å². The number of ether oxygens (including phenoxy) is 4. The summed E-state index contributed by atoms with van der Waals surface area (Å²) < 4.78 is 68.7. The van der Waals surface area contributed by atoms with Crippen molar-refractivity contribution in [1.29, 1.82) is 0 Å². The lowest BCUT2D eigenvalue weighted by Gasteiger charge is -2.21. The third kappa shape index (κ3) is 76.1. The van der Waals surface area contributed by atoms with Crippen molar-refractivity contribution in [2.24, 2.45) is 5.92 Å². The molecule has 0 amide bonds. The minimum absolute atomic E-state index is 0.109. The Bertz CT molecular complexity index is 1930. The van der Waals surface area contributed by atoms with Gasteiger partial charge in [-0.3, -0.25) is 37.3 Å². The van der Waals surface area contributed by atoms with Gasteiger partial charge in [0.05, 0.1) is 26.4 Å². The van der Waals surface area contributed by atoms with E-state index in [1.54, 1.807) is 0 Å². The summed E-state index contributed by atoms with van der Waals surface area (Å²) in [6, 6.07) is 0. The Morgan fingerprint density at radius 2 is 0.455 bits per heavy atom. The van der Waals surface area contributed by atoms with E-state index in [2.05, 4.69) is 34.6 Å². The molecule has 17 nitrogen and oxygen atoms in total. The molecule has 0 saturated carbocycles. The molecule has 3 N–H and O–H groups in total.